The minimum atomic E-state index is -0.449. The molecule has 1 aliphatic rings. The Bertz CT molecular complexity index is 1070. The highest BCUT2D eigenvalue weighted by Crippen LogP contribution is 2.31. The average Bonchev–Trinajstić information content (AvgIpc) is 3.05. The highest BCUT2D eigenvalue weighted by Gasteiger charge is 2.29. The second kappa shape index (κ2) is 7.75. The van der Waals surface area contributed by atoms with Gasteiger partial charge < -0.3 is 19.0 Å². The van der Waals surface area contributed by atoms with Gasteiger partial charge in [-0.1, -0.05) is 11.6 Å². The Labute approximate surface area is 172 Å². The van der Waals surface area contributed by atoms with Crippen LogP contribution in [0.15, 0.2) is 41.1 Å². The lowest BCUT2D eigenvalue weighted by Crippen LogP contribution is -2.51. The SMILES string of the molecule is Cc1c(C(=O)N2CCN(C(=O)Oc3cccnc3)CC2)oc2c(C)cc(Cl)cc12. The Morgan fingerprint density at radius 3 is 2.55 bits per heavy atom. The van der Waals surface area contributed by atoms with Crippen LogP contribution in [-0.4, -0.2) is 53.0 Å². The summed E-state index contributed by atoms with van der Waals surface area (Å²) in [6.45, 7) is 5.33. The van der Waals surface area contributed by atoms with Crippen molar-refractivity contribution in [1.82, 2.24) is 14.8 Å². The first kappa shape index (κ1) is 19.3. The molecule has 3 aromatic rings. The number of rotatable bonds is 2. The van der Waals surface area contributed by atoms with Crippen molar-refractivity contribution >= 4 is 34.6 Å². The molecule has 29 heavy (non-hydrogen) atoms. The molecule has 0 radical (unpaired) electrons. The van der Waals surface area contributed by atoms with Crippen LogP contribution >= 0.6 is 11.6 Å². The first-order valence-corrected chi connectivity index (χ1v) is 9.67. The molecule has 8 heteroatoms. The minimum absolute atomic E-state index is 0.186. The summed E-state index contributed by atoms with van der Waals surface area (Å²) in [5.74, 6) is 0.522. The van der Waals surface area contributed by atoms with Gasteiger partial charge in [0.25, 0.3) is 5.91 Å². The number of carbonyl (C=O) groups excluding carboxylic acids is 2. The van der Waals surface area contributed by atoms with Crippen molar-refractivity contribution in [3.05, 3.63) is 58.6 Å². The number of halogens is 1. The maximum atomic E-state index is 13.0. The molecule has 0 bridgehead atoms. The van der Waals surface area contributed by atoms with Crippen LogP contribution in [0.5, 0.6) is 5.75 Å². The predicted molar refractivity (Wildman–Crippen MR) is 108 cm³/mol. The van der Waals surface area contributed by atoms with Crippen molar-refractivity contribution in [3.63, 3.8) is 0 Å². The zero-order valence-corrected chi connectivity index (χ0v) is 16.9. The van der Waals surface area contributed by atoms with Gasteiger partial charge in [0.15, 0.2) is 11.5 Å². The summed E-state index contributed by atoms with van der Waals surface area (Å²) in [7, 11) is 0. The van der Waals surface area contributed by atoms with Gasteiger partial charge in [-0.05, 0) is 43.7 Å². The van der Waals surface area contributed by atoms with E-state index < -0.39 is 6.09 Å². The highest BCUT2D eigenvalue weighted by atomic mass is 35.5. The quantitative estimate of drug-likeness (QED) is 0.633. The molecular weight excluding hydrogens is 394 g/mol. The molecule has 1 aromatic carbocycles. The molecule has 0 spiro atoms. The van der Waals surface area contributed by atoms with Gasteiger partial charge in [-0.15, -0.1) is 0 Å². The zero-order chi connectivity index (χ0) is 20.5. The number of pyridine rings is 1. The van der Waals surface area contributed by atoms with Crippen LogP contribution in [0.2, 0.25) is 5.02 Å². The number of furan rings is 1. The Kier molecular flexibility index (Phi) is 5.15. The molecule has 1 fully saturated rings. The minimum Gasteiger partial charge on any atom is -0.450 e. The van der Waals surface area contributed by atoms with E-state index in [4.69, 9.17) is 20.8 Å². The van der Waals surface area contributed by atoms with E-state index in [0.29, 0.717) is 48.3 Å². The Hall–Kier alpha value is -3.06. The van der Waals surface area contributed by atoms with Crippen molar-refractivity contribution in [1.29, 1.82) is 0 Å². The first-order valence-electron chi connectivity index (χ1n) is 9.29. The summed E-state index contributed by atoms with van der Waals surface area (Å²) in [6, 6.07) is 6.99. The fourth-order valence-corrected chi connectivity index (χ4v) is 3.73. The van der Waals surface area contributed by atoms with E-state index >= 15 is 0 Å². The van der Waals surface area contributed by atoms with E-state index in [1.54, 1.807) is 28.1 Å². The normalized spacial score (nSPS) is 14.3. The second-order valence-electron chi connectivity index (χ2n) is 6.99. The van der Waals surface area contributed by atoms with Crippen LogP contribution in [0.25, 0.3) is 11.0 Å². The lowest BCUT2D eigenvalue weighted by atomic mass is 10.1. The molecule has 4 rings (SSSR count). The monoisotopic (exact) mass is 413 g/mol. The maximum absolute atomic E-state index is 13.0. The average molecular weight is 414 g/mol. The van der Waals surface area contributed by atoms with Gasteiger partial charge in [0.05, 0.1) is 6.20 Å². The Balaban J connectivity index is 1.44. The molecule has 0 N–H and O–H groups in total. The van der Waals surface area contributed by atoms with Crippen LogP contribution in [0.3, 0.4) is 0 Å². The van der Waals surface area contributed by atoms with Crippen molar-refractivity contribution in [2.75, 3.05) is 26.2 Å². The predicted octanol–water partition coefficient (Wildman–Crippen LogP) is 4.05. The number of aromatic nitrogens is 1. The topological polar surface area (TPSA) is 75.9 Å². The van der Waals surface area contributed by atoms with Gasteiger partial charge >= 0.3 is 6.09 Å². The summed E-state index contributed by atoms with van der Waals surface area (Å²) < 4.78 is 11.2. The Morgan fingerprint density at radius 1 is 1.14 bits per heavy atom. The fraction of sp³-hybridized carbons (Fsp3) is 0.286. The van der Waals surface area contributed by atoms with Crippen LogP contribution in [0.1, 0.15) is 21.7 Å². The van der Waals surface area contributed by atoms with E-state index in [0.717, 1.165) is 16.5 Å². The van der Waals surface area contributed by atoms with Gasteiger partial charge in [-0.2, -0.15) is 0 Å². The number of benzene rings is 1. The number of piperazine rings is 1. The van der Waals surface area contributed by atoms with E-state index in [1.165, 1.54) is 6.20 Å². The summed E-state index contributed by atoms with van der Waals surface area (Å²) in [4.78, 5) is 32.5. The molecule has 0 saturated carbocycles. The first-order chi connectivity index (χ1) is 13.9. The van der Waals surface area contributed by atoms with Gasteiger partial charge in [-0.25, -0.2) is 4.79 Å². The highest BCUT2D eigenvalue weighted by molar-refractivity contribution is 6.31. The van der Waals surface area contributed by atoms with Crippen molar-refractivity contribution < 1.29 is 18.7 Å². The van der Waals surface area contributed by atoms with Crippen LogP contribution in [-0.2, 0) is 0 Å². The lowest BCUT2D eigenvalue weighted by Gasteiger charge is -2.33. The third-order valence-electron chi connectivity index (χ3n) is 5.05. The van der Waals surface area contributed by atoms with Gasteiger partial charge in [0.2, 0.25) is 0 Å². The van der Waals surface area contributed by atoms with Crippen molar-refractivity contribution in [3.8, 4) is 5.75 Å². The molecule has 150 valence electrons. The summed E-state index contributed by atoms with van der Waals surface area (Å²) in [6.07, 6.45) is 2.64. The van der Waals surface area contributed by atoms with E-state index in [2.05, 4.69) is 4.98 Å². The van der Waals surface area contributed by atoms with Crippen molar-refractivity contribution in [2.45, 2.75) is 13.8 Å². The molecule has 2 amide bonds. The van der Waals surface area contributed by atoms with E-state index in [1.807, 2.05) is 26.0 Å². The second-order valence-corrected chi connectivity index (χ2v) is 7.43. The van der Waals surface area contributed by atoms with Crippen molar-refractivity contribution in [2.24, 2.45) is 0 Å². The number of hydrogen-bond acceptors (Lipinski definition) is 5. The van der Waals surface area contributed by atoms with Gasteiger partial charge in [-0.3, -0.25) is 9.78 Å². The smallest absolute Gasteiger partial charge is 0.415 e. The fourth-order valence-electron chi connectivity index (χ4n) is 3.46. The molecule has 2 aromatic heterocycles. The zero-order valence-electron chi connectivity index (χ0n) is 16.1. The molecule has 7 nitrogen and oxygen atoms in total. The molecule has 0 unspecified atom stereocenters. The standard InChI is InChI=1S/C21H20ClN3O4/c1-13-10-15(22)11-17-14(2)19(29-18(13)17)20(26)24-6-8-25(9-7-24)21(27)28-16-4-3-5-23-12-16/h3-5,10-12H,6-9H2,1-2H3. The Morgan fingerprint density at radius 2 is 1.86 bits per heavy atom. The number of fused-ring (bicyclic) bond motifs is 1. The molecule has 1 saturated heterocycles. The number of nitrogens with zero attached hydrogens (tertiary/aromatic N) is 3. The van der Waals surface area contributed by atoms with Crippen LogP contribution < -0.4 is 4.74 Å². The lowest BCUT2D eigenvalue weighted by molar-refractivity contribution is 0.0605. The molecule has 0 atom stereocenters. The van der Waals surface area contributed by atoms with Gasteiger partial charge in [0, 0.05) is 48.3 Å². The third-order valence-corrected chi connectivity index (χ3v) is 5.27. The number of carbonyl (C=O) groups is 2. The summed E-state index contributed by atoms with van der Waals surface area (Å²) in [5.41, 5.74) is 2.33. The number of amides is 2. The van der Waals surface area contributed by atoms with Crippen LogP contribution in [0.4, 0.5) is 4.79 Å². The molecule has 1 aliphatic heterocycles. The molecule has 3 heterocycles. The summed E-state index contributed by atoms with van der Waals surface area (Å²) in [5, 5.41) is 1.45. The van der Waals surface area contributed by atoms with E-state index in [-0.39, 0.29) is 5.91 Å². The van der Waals surface area contributed by atoms with Gasteiger partial charge in [0.1, 0.15) is 5.58 Å². The molecular formula is C21H20ClN3O4. The summed E-state index contributed by atoms with van der Waals surface area (Å²) >= 11 is 6.15. The van der Waals surface area contributed by atoms with Crippen LogP contribution in [0, 0.1) is 13.8 Å². The van der Waals surface area contributed by atoms with E-state index in [9.17, 15) is 9.59 Å². The number of aryl methyl sites for hydroxylation is 2. The molecule has 0 aliphatic carbocycles. The third kappa shape index (κ3) is 3.78. The largest absolute Gasteiger partial charge is 0.450 e. The maximum Gasteiger partial charge on any atom is 0.415 e. The number of hydrogen-bond donors (Lipinski definition) is 0. The number of ether oxygens (including phenoxy) is 1.